The minimum absolute atomic E-state index is 0.101. The maximum absolute atomic E-state index is 10.5. The van der Waals surface area contributed by atoms with Crippen molar-refractivity contribution in [3.63, 3.8) is 0 Å². The normalized spacial score (nSPS) is 12.2. The van der Waals surface area contributed by atoms with E-state index in [0.717, 1.165) is 0 Å². The van der Waals surface area contributed by atoms with E-state index >= 15 is 0 Å². The molecule has 0 rings (SSSR count). The predicted molar refractivity (Wildman–Crippen MR) is 40.8 cm³/mol. The van der Waals surface area contributed by atoms with Gasteiger partial charge in [-0.3, -0.25) is 9.59 Å². The number of rotatable bonds is 3. The van der Waals surface area contributed by atoms with Crippen molar-refractivity contribution in [1.82, 2.24) is 5.32 Å². The van der Waals surface area contributed by atoms with Gasteiger partial charge >= 0.3 is 0 Å². The standard InChI is InChI=1S/C4H6BrClN2O2/c5-1-2(9)8-3(6)4(7)10/h3H,1H2,(H2,7,10)(H,8,9). The first-order valence-electron chi connectivity index (χ1n) is 2.36. The van der Waals surface area contributed by atoms with E-state index in [9.17, 15) is 9.59 Å². The lowest BCUT2D eigenvalue weighted by molar-refractivity contribution is -0.124. The maximum Gasteiger partial charge on any atom is 0.255 e. The van der Waals surface area contributed by atoms with Gasteiger partial charge in [-0.15, -0.1) is 0 Å². The SMILES string of the molecule is NC(=O)C(Cl)NC(=O)CBr. The molecule has 0 aromatic heterocycles. The first-order valence-corrected chi connectivity index (χ1v) is 3.92. The van der Waals surface area contributed by atoms with Gasteiger partial charge in [-0.05, 0) is 0 Å². The molecule has 0 fully saturated rings. The van der Waals surface area contributed by atoms with Crippen molar-refractivity contribution in [2.24, 2.45) is 5.73 Å². The molecule has 0 aliphatic heterocycles. The van der Waals surface area contributed by atoms with E-state index in [1.165, 1.54) is 0 Å². The Balaban J connectivity index is 3.68. The van der Waals surface area contributed by atoms with Crippen molar-refractivity contribution in [3.05, 3.63) is 0 Å². The summed E-state index contributed by atoms with van der Waals surface area (Å²) < 4.78 is 0. The van der Waals surface area contributed by atoms with Gasteiger partial charge in [-0.2, -0.15) is 0 Å². The maximum atomic E-state index is 10.5. The van der Waals surface area contributed by atoms with Crippen LogP contribution in [0.2, 0.25) is 0 Å². The Labute approximate surface area is 71.2 Å². The minimum atomic E-state index is -1.12. The van der Waals surface area contributed by atoms with Crippen LogP contribution in [0.4, 0.5) is 0 Å². The molecule has 6 heteroatoms. The lowest BCUT2D eigenvalue weighted by atomic mass is 10.5. The van der Waals surface area contributed by atoms with Crippen LogP contribution in [0.1, 0.15) is 0 Å². The van der Waals surface area contributed by atoms with E-state index in [4.69, 9.17) is 17.3 Å². The van der Waals surface area contributed by atoms with Crippen molar-refractivity contribution in [2.75, 3.05) is 5.33 Å². The highest BCUT2D eigenvalue weighted by atomic mass is 79.9. The second-order valence-corrected chi connectivity index (χ2v) is 2.46. The van der Waals surface area contributed by atoms with Crippen molar-refractivity contribution in [1.29, 1.82) is 0 Å². The number of carbonyl (C=O) groups is 2. The molecule has 2 amide bonds. The third-order valence-corrected chi connectivity index (χ3v) is 1.49. The Kier molecular flexibility index (Phi) is 4.38. The molecule has 1 atom stereocenters. The van der Waals surface area contributed by atoms with Crippen LogP contribution < -0.4 is 11.1 Å². The lowest BCUT2D eigenvalue weighted by Gasteiger charge is -2.04. The van der Waals surface area contributed by atoms with Crippen LogP contribution in [0.5, 0.6) is 0 Å². The number of hydrogen-bond donors (Lipinski definition) is 2. The fourth-order valence-electron chi connectivity index (χ4n) is 0.251. The van der Waals surface area contributed by atoms with E-state index in [0.29, 0.717) is 0 Å². The Morgan fingerprint density at radius 3 is 2.50 bits per heavy atom. The molecule has 0 bridgehead atoms. The highest BCUT2D eigenvalue weighted by Crippen LogP contribution is 1.89. The van der Waals surface area contributed by atoms with Gasteiger partial charge in [0.15, 0.2) is 5.50 Å². The van der Waals surface area contributed by atoms with E-state index in [-0.39, 0.29) is 11.2 Å². The Morgan fingerprint density at radius 1 is 1.70 bits per heavy atom. The number of halogens is 2. The number of nitrogens with one attached hydrogen (secondary N) is 1. The molecule has 0 spiro atoms. The van der Waals surface area contributed by atoms with Gasteiger partial charge in [0.25, 0.3) is 5.91 Å². The number of carbonyl (C=O) groups excluding carboxylic acids is 2. The smallest absolute Gasteiger partial charge is 0.255 e. The topological polar surface area (TPSA) is 72.2 Å². The average Bonchev–Trinajstić information content (AvgIpc) is 1.87. The van der Waals surface area contributed by atoms with Crippen LogP contribution in [0, 0.1) is 0 Å². The number of hydrogen-bond acceptors (Lipinski definition) is 2. The third-order valence-electron chi connectivity index (χ3n) is 0.659. The predicted octanol–water partition coefficient (Wildman–Crippen LogP) is -0.452. The van der Waals surface area contributed by atoms with Gasteiger partial charge in [0.2, 0.25) is 5.91 Å². The molecule has 0 aliphatic rings. The summed E-state index contributed by atoms with van der Waals surface area (Å²) in [6.07, 6.45) is 0. The molecule has 1 unspecified atom stereocenters. The fourth-order valence-corrected chi connectivity index (χ4v) is 0.535. The van der Waals surface area contributed by atoms with E-state index in [2.05, 4.69) is 21.2 Å². The molecular formula is C4H6BrClN2O2. The van der Waals surface area contributed by atoms with Crippen LogP contribution in [0.25, 0.3) is 0 Å². The summed E-state index contributed by atoms with van der Waals surface area (Å²) in [6, 6.07) is 0. The molecule has 0 heterocycles. The van der Waals surface area contributed by atoms with Gasteiger partial charge in [0.1, 0.15) is 0 Å². The van der Waals surface area contributed by atoms with E-state index in [1.54, 1.807) is 0 Å². The number of alkyl halides is 2. The van der Waals surface area contributed by atoms with E-state index < -0.39 is 11.4 Å². The van der Waals surface area contributed by atoms with Crippen LogP contribution in [0.15, 0.2) is 0 Å². The average molecular weight is 229 g/mol. The largest absolute Gasteiger partial charge is 0.367 e. The summed E-state index contributed by atoms with van der Waals surface area (Å²) in [6.45, 7) is 0. The number of nitrogens with two attached hydrogens (primary N) is 1. The summed E-state index contributed by atoms with van der Waals surface area (Å²) in [7, 11) is 0. The zero-order chi connectivity index (χ0) is 8.15. The summed E-state index contributed by atoms with van der Waals surface area (Å²) in [5.74, 6) is -1.14. The van der Waals surface area contributed by atoms with Gasteiger partial charge < -0.3 is 11.1 Å². The molecule has 0 aromatic rings. The van der Waals surface area contributed by atoms with Crippen LogP contribution in [0.3, 0.4) is 0 Å². The number of amides is 2. The zero-order valence-electron chi connectivity index (χ0n) is 4.93. The molecule has 0 saturated carbocycles. The third kappa shape index (κ3) is 3.68. The summed E-state index contributed by atoms with van der Waals surface area (Å²) >= 11 is 8.13. The van der Waals surface area contributed by atoms with Gasteiger partial charge in [0.05, 0.1) is 5.33 Å². The van der Waals surface area contributed by atoms with Gasteiger partial charge in [-0.1, -0.05) is 27.5 Å². The quantitative estimate of drug-likeness (QED) is 0.508. The lowest BCUT2D eigenvalue weighted by Crippen LogP contribution is -2.40. The molecule has 0 aliphatic carbocycles. The molecule has 0 aromatic carbocycles. The van der Waals surface area contributed by atoms with Crippen LogP contribution in [-0.4, -0.2) is 22.6 Å². The second-order valence-electron chi connectivity index (χ2n) is 1.47. The first kappa shape index (κ1) is 9.71. The van der Waals surface area contributed by atoms with Crippen molar-refractivity contribution >= 4 is 39.3 Å². The van der Waals surface area contributed by atoms with Crippen molar-refractivity contribution in [3.8, 4) is 0 Å². The summed E-state index contributed by atoms with van der Waals surface area (Å²) in [4.78, 5) is 20.7. The minimum Gasteiger partial charge on any atom is -0.367 e. The van der Waals surface area contributed by atoms with Crippen LogP contribution in [-0.2, 0) is 9.59 Å². The van der Waals surface area contributed by atoms with Crippen molar-refractivity contribution in [2.45, 2.75) is 5.50 Å². The second kappa shape index (κ2) is 4.51. The Morgan fingerprint density at radius 2 is 2.20 bits per heavy atom. The molecule has 4 nitrogen and oxygen atoms in total. The fraction of sp³-hybridized carbons (Fsp3) is 0.500. The number of primary amides is 1. The van der Waals surface area contributed by atoms with Crippen molar-refractivity contribution < 1.29 is 9.59 Å². The molecular weight excluding hydrogens is 223 g/mol. The molecule has 0 radical (unpaired) electrons. The van der Waals surface area contributed by atoms with Crippen LogP contribution >= 0.6 is 27.5 Å². The van der Waals surface area contributed by atoms with E-state index in [1.807, 2.05) is 0 Å². The molecule has 3 N–H and O–H groups in total. The monoisotopic (exact) mass is 228 g/mol. The van der Waals surface area contributed by atoms with Gasteiger partial charge in [-0.25, -0.2) is 0 Å². The van der Waals surface area contributed by atoms with Gasteiger partial charge in [0, 0.05) is 0 Å². The summed E-state index contributed by atoms with van der Waals surface area (Å²) in [5.41, 5.74) is 3.62. The Hall–Kier alpha value is -0.290. The zero-order valence-corrected chi connectivity index (χ0v) is 7.28. The molecule has 0 saturated heterocycles. The summed E-state index contributed by atoms with van der Waals surface area (Å²) in [5, 5.41) is 2.23. The highest BCUT2D eigenvalue weighted by molar-refractivity contribution is 9.09. The Bertz CT molecular complexity index is 152. The molecule has 10 heavy (non-hydrogen) atoms. The highest BCUT2D eigenvalue weighted by Gasteiger charge is 2.12. The first-order chi connectivity index (χ1) is 4.57. The molecule has 58 valence electrons.